The van der Waals surface area contributed by atoms with Gasteiger partial charge in [-0.25, -0.2) is 4.99 Å². The SMILES string of the molecule is O=C(COc1ccc(Cl)cc1/C=C1/SC(=Nc2ccccc2)NC1=O)Nc1ccc(Cl)c(Cl)c1. The number of rotatable bonds is 6. The Hall–Kier alpha value is -2.97. The summed E-state index contributed by atoms with van der Waals surface area (Å²) in [5.41, 5.74) is 1.77. The Balaban J connectivity index is 1.47. The van der Waals surface area contributed by atoms with E-state index < -0.39 is 5.91 Å². The van der Waals surface area contributed by atoms with Gasteiger partial charge in [-0.05, 0) is 66.4 Å². The van der Waals surface area contributed by atoms with E-state index in [0.29, 0.717) is 42.1 Å². The number of carbonyl (C=O) groups is 2. The van der Waals surface area contributed by atoms with Crippen LogP contribution >= 0.6 is 46.6 Å². The predicted octanol–water partition coefficient (Wildman–Crippen LogP) is 6.56. The first-order valence-electron chi connectivity index (χ1n) is 9.89. The van der Waals surface area contributed by atoms with Gasteiger partial charge in [-0.3, -0.25) is 9.59 Å². The molecule has 0 atom stereocenters. The molecule has 0 bridgehead atoms. The van der Waals surface area contributed by atoms with E-state index in [1.807, 2.05) is 30.3 Å². The number of anilines is 1. The molecule has 1 heterocycles. The van der Waals surface area contributed by atoms with Crippen LogP contribution in [0.1, 0.15) is 5.56 Å². The first-order valence-corrected chi connectivity index (χ1v) is 11.8. The Morgan fingerprint density at radius 3 is 2.59 bits per heavy atom. The van der Waals surface area contributed by atoms with Crippen LogP contribution in [-0.4, -0.2) is 23.6 Å². The zero-order valence-corrected chi connectivity index (χ0v) is 20.4. The molecule has 0 spiro atoms. The monoisotopic (exact) mass is 531 g/mol. The Labute approximate surface area is 215 Å². The number of halogens is 3. The van der Waals surface area contributed by atoms with Crippen LogP contribution in [0.3, 0.4) is 0 Å². The van der Waals surface area contributed by atoms with Crippen LogP contribution in [0.4, 0.5) is 11.4 Å². The van der Waals surface area contributed by atoms with Crippen molar-refractivity contribution in [3.63, 3.8) is 0 Å². The number of hydrogen-bond donors (Lipinski definition) is 2. The molecular weight excluding hydrogens is 517 g/mol. The van der Waals surface area contributed by atoms with Gasteiger partial charge in [0.1, 0.15) is 5.75 Å². The molecule has 0 aliphatic carbocycles. The number of thioether (sulfide) groups is 1. The van der Waals surface area contributed by atoms with E-state index in [4.69, 9.17) is 39.5 Å². The van der Waals surface area contributed by atoms with Crippen LogP contribution in [0.2, 0.25) is 15.1 Å². The van der Waals surface area contributed by atoms with Crippen molar-refractivity contribution in [3.05, 3.63) is 92.3 Å². The third kappa shape index (κ3) is 6.33. The third-order valence-electron chi connectivity index (χ3n) is 4.46. The van der Waals surface area contributed by atoms with Gasteiger partial charge < -0.3 is 15.4 Å². The molecule has 10 heteroatoms. The number of nitrogens with one attached hydrogen (secondary N) is 2. The van der Waals surface area contributed by atoms with E-state index in [0.717, 1.165) is 5.69 Å². The van der Waals surface area contributed by atoms with Crippen molar-refractivity contribution in [2.45, 2.75) is 0 Å². The largest absolute Gasteiger partial charge is 0.483 e. The van der Waals surface area contributed by atoms with Crippen molar-refractivity contribution < 1.29 is 14.3 Å². The fourth-order valence-corrected chi connectivity index (χ4v) is 4.23. The lowest BCUT2D eigenvalue weighted by Gasteiger charge is -2.11. The Bertz CT molecular complexity index is 1310. The van der Waals surface area contributed by atoms with E-state index in [1.54, 1.807) is 42.5 Å². The maximum Gasteiger partial charge on any atom is 0.264 e. The normalized spacial score (nSPS) is 15.4. The highest BCUT2D eigenvalue weighted by molar-refractivity contribution is 8.18. The summed E-state index contributed by atoms with van der Waals surface area (Å²) in [5, 5.41) is 7.07. The maximum absolute atomic E-state index is 12.5. The van der Waals surface area contributed by atoms with Crippen molar-refractivity contribution in [1.29, 1.82) is 0 Å². The minimum Gasteiger partial charge on any atom is -0.483 e. The summed E-state index contributed by atoms with van der Waals surface area (Å²) < 4.78 is 5.70. The molecule has 1 aliphatic rings. The van der Waals surface area contributed by atoms with Gasteiger partial charge in [0.2, 0.25) is 0 Å². The van der Waals surface area contributed by atoms with Crippen LogP contribution < -0.4 is 15.4 Å². The molecule has 3 aromatic carbocycles. The first-order chi connectivity index (χ1) is 16.4. The fraction of sp³-hybridized carbons (Fsp3) is 0.0417. The minimum absolute atomic E-state index is 0.266. The van der Waals surface area contributed by atoms with Gasteiger partial charge in [0, 0.05) is 16.3 Å². The molecule has 34 heavy (non-hydrogen) atoms. The minimum atomic E-state index is -0.391. The summed E-state index contributed by atoms with van der Waals surface area (Å²) in [6, 6.07) is 19.0. The van der Waals surface area contributed by atoms with Gasteiger partial charge in [0.05, 0.1) is 20.6 Å². The highest BCUT2D eigenvalue weighted by atomic mass is 35.5. The predicted molar refractivity (Wildman–Crippen MR) is 139 cm³/mol. The summed E-state index contributed by atoms with van der Waals surface area (Å²) in [4.78, 5) is 29.6. The summed E-state index contributed by atoms with van der Waals surface area (Å²) in [7, 11) is 0. The maximum atomic E-state index is 12.5. The lowest BCUT2D eigenvalue weighted by Crippen LogP contribution is -2.20. The number of para-hydroxylation sites is 1. The van der Waals surface area contributed by atoms with E-state index in [9.17, 15) is 9.59 Å². The molecule has 0 aromatic heterocycles. The summed E-state index contributed by atoms with van der Waals surface area (Å²) in [5.74, 6) is -0.289. The van der Waals surface area contributed by atoms with Crippen LogP contribution in [0, 0.1) is 0 Å². The number of amides is 2. The van der Waals surface area contributed by atoms with Crippen molar-refractivity contribution in [2.75, 3.05) is 11.9 Å². The molecule has 0 saturated carbocycles. The molecule has 0 unspecified atom stereocenters. The molecule has 0 radical (unpaired) electrons. The standard InChI is InChI=1S/C24H16Cl3N3O3S/c25-15-6-9-20(33-13-22(31)28-17-7-8-18(26)19(27)12-17)14(10-15)11-21-23(32)30-24(34-21)29-16-4-2-1-3-5-16/h1-12H,13H2,(H,28,31)(H,29,30,32)/b21-11+. The summed E-state index contributed by atoms with van der Waals surface area (Å²) >= 11 is 19.2. The Kier molecular flexibility index (Phi) is 7.80. The number of hydrogen-bond acceptors (Lipinski definition) is 5. The van der Waals surface area contributed by atoms with Crippen LogP contribution in [0.15, 0.2) is 76.6 Å². The van der Waals surface area contributed by atoms with Gasteiger partial charge in [-0.2, -0.15) is 0 Å². The van der Waals surface area contributed by atoms with E-state index in [2.05, 4.69) is 15.6 Å². The van der Waals surface area contributed by atoms with Crippen molar-refractivity contribution in [3.8, 4) is 5.75 Å². The molecule has 172 valence electrons. The average Bonchev–Trinajstić information content (AvgIpc) is 3.15. The third-order valence-corrected chi connectivity index (χ3v) is 6.34. The molecule has 1 saturated heterocycles. The highest BCUT2D eigenvalue weighted by Crippen LogP contribution is 2.32. The molecule has 1 aliphatic heterocycles. The average molecular weight is 533 g/mol. The van der Waals surface area contributed by atoms with Crippen LogP contribution in [0.25, 0.3) is 6.08 Å². The highest BCUT2D eigenvalue weighted by Gasteiger charge is 2.24. The smallest absolute Gasteiger partial charge is 0.264 e. The second kappa shape index (κ2) is 11.0. The molecule has 1 fully saturated rings. The van der Waals surface area contributed by atoms with Crippen molar-refractivity contribution in [1.82, 2.24) is 5.32 Å². The van der Waals surface area contributed by atoms with Gasteiger partial charge >= 0.3 is 0 Å². The molecular formula is C24H16Cl3N3O3S. The molecule has 3 aromatic rings. The lowest BCUT2D eigenvalue weighted by atomic mass is 10.2. The molecule has 4 rings (SSSR count). The second-order valence-corrected chi connectivity index (χ2v) is 9.25. The fourth-order valence-electron chi connectivity index (χ4n) is 2.92. The number of carbonyl (C=O) groups excluding carboxylic acids is 2. The summed E-state index contributed by atoms with van der Waals surface area (Å²) in [6.07, 6.45) is 1.64. The van der Waals surface area contributed by atoms with E-state index in [-0.39, 0.29) is 12.5 Å². The molecule has 2 N–H and O–H groups in total. The van der Waals surface area contributed by atoms with E-state index in [1.165, 1.54) is 11.8 Å². The van der Waals surface area contributed by atoms with E-state index >= 15 is 0 Å². The number of benzene rings is 3. The van der Waals surface area contributed by atoms with Gasteiger partial charge in [0.25, 0.3) is 11.8 Å². The topological polar surface area (TPSA) is 79.8 Å². The lowest BCUT2D eigenvalue weighted by molar-refractivity contribution is -0.118. The number of nitrogens with zero attached hydrogens (tertiary/aromatic N) is 1. The Morgan fingerprint density at radius 1 is 1.03 bits per heavy atom. The van der Waals surface area contributed by atoms with Gasteiger partial charge in [0.15, 0.2) is 11.8 Å². The summed E-state index contributed by atoms with van der Waals surface area (Å²) in [6.45, 7) is -0.266. The zero-order valence-electron chi connectivity index (χ0n) is 17.3. The Morgan fingerprint density at radius 2 is 1.82 bits per heavy atom. The number of ether oxygens (including phenoxy) is 1. The van der Waals surface area contributed by atoms with Gasteiger partial charge in [-0.1, -0.05) is 53.0 Å². The van der Waals surface area contributed by atoms with Crippen molar-refractivity contribution >= 4 is 81.0 Å². The van der Waals surface area contributed by atoms with Crippen LogP contribution in [-0.2, 0) is 9.59 Å². The number of aliphatic imine (C=N–C) groups is 1. The molecule has 6 nitrogen and oxygen atoms in total. The molecule has 2 amide bonds. The van der Waals surface area contributed by atoms with Crippen molar-refractivity contribution in [2.24, 2.45) is 4.99 Å². The van der Waals surface area contributed by atoms with Crippen LogP contribution in [0.5, 0.6) is 5.75 Å². The number of amidine groups is 1. The van der Waals surface area contributed by atoms with Gasteiger partial charge in [-0.15, -0.1) is 0 Å². The zero-order chi connectivity index (χ0) is 24.1. The first kappa shape index (κ1) is 24.2. The quantitative estimate of drug-likeness (QED) is 0.353. The second-order valence-electron chi connectivity index (χ2n) is 6.97.